The maximum Gasteiger partial charge on any atom is 0.204 e. The number of hydrogen-bond donors (Lipinski definition) is 0. The van der Waals surface area contributed by atoms with Gasteiger partial charge in [-0.25, -0.2) is 0 Å². The van der Waals surface area contributed by atoms with E-state index in [2.05, 4.69) is 5.10 Å². The van der Waals surface area contributed by atoms with Crippen LogP contribution in [0.25, 0.3) is 0 Å². The molecule has 2 aromatic heterocycles. The topological polar surface area (TPSA) is 48.0 Å². The third kappa shape index (κ3) is 2.73. The molecule has 1 aliphatic carbocycles. The van der Waals surface area contributed by atoms with Gasteiger partial charge in [-0.15, -0.1) is 0 Å². The van der Waals surface area contributed by atoms with Gasteiger partial charge in [-0.2, -0.15) is 5.10 Å². The highest BCUT2D eigenvalue weighted by Gasteiger charge is 2.19. The highest BCUT2D eigenvalue weighted by atomic mass is 35.5. The van der Waals surface area contributed by atoms with Gasteiger partial charge in [0, 0.05) is 6.20 Å². The average molecular weight is 279 g/mol. The van der Waals surface area contributed by atoms with Crippen LogP contribution in [-0.2, 0) is 6.42 Å². The number of Topliss-reactive ketones (excluding diaryl/α,β-unsaturated/α-hetero) is 1. The molecule has 2 aromatic rings. The van der Waals surface area contributed by atoms with Gasteiger partial charge < -0.3 is 4.42 Å². The molecule has 1 fully saturated rings. The van der Waals surface area contributed by atoms with Crippen molar-refractivity contribution in [1.29, 1.82) is 0 Å². The number of halogens is 1. The van der Waals surface area contributed by atoms with Crippen molar-refractivity contribution in [3.8, 4) is 0 Å². The van der Waals surface area contributed by atoms with Crippen molar-refractivity contribution >= 4 is 17.4 Å². The van der Waals surface area contributed by atoms with Crippen molar-refractivity contribution < 1.29 is 9.21 Å². The molecule has 5 heteroatoms. The van der Waals surface area contributed by atoms with E-state index in [0.717, 1.165) is 5.69 Å². The Morgan fingerprint density at radius 3 is 2.84 bits per heavy atom. The Labute approximate surface area is 116 Å². The van der Waals surface area contributed by atoms with Gasteiger partial charge in [-0.3, -0.25) is 9.48 Å². The zero-order valence-corrected chi connectivity index (χ0v) is 11.3. The second kappa shape index (κ2) is 5.21. The first kappa shape index (κ1) is 12.5. The summed E-state index contributed by atoms with van der Waals surface area (Å²) in [5, 5.41) is 4.72. The molecule has 19 heavy (non-hydrogen) atoms. The highest BCUT2D eigenvalue weighted by Crippen LogP contribution is 2.28. The molecule has 0 unspecified atom stereocenters. The van der Waals surface area contributed by atoms with Crippen LogP contribution in [0.5, 0.6) is 0 Å². The molecule has 0 atom stereocenters. The van der Waals surface area contributed by atoms with E-state index in [1.807, 2.05) is 16.9 Å². The van der Waals surface area contributed by atoms with Crippen molar-refractivity contribution in [1.82, 2.24) is 9.78 Å². The molecule has 1 aliphatic rings. The molecule has 0 aliphatic heterocycles. The van der Waals surface area contributed by atoms with Crippen LogP contribution < -0.4 is 0 Å². The normalized spacial score (nSPS) is 16.1. The predicted octanol–water partition coefficient (Wildman–Crippen LogP) is 3.67. The third-order valence-electron chi connectivity index (χ3n) is 3.55. The Hall–Kier alpha value is -1.55. The predicted molar refractivity (Wildman–Crippen MR) is 71.5 cm³/mol. The molecule has 4 nitrogen and oxygen atoms in total. The summed E-state index contributed by atoms with van der Waals surface area (Å²) >= 11 is 5.66. The van der Waals surface area contributed by atoms with Crippen LogP contribution in [0.2, 0.25) is 5.22 Å². The van der Waals surface area contributed by atoms with E-state index < -0.39 is 0 Å². The van der Waals surface area contributed by atoms with Gasteiger partial charge in [0.25, 0.3) is 0 Å². The molecule has 2 heterocycles. The minimum absolute atomic E-state index is 0.0939. The number of ketones is 1. The first-order chi connectivity index (χ1) is 9.22. The molecular formula is C14H15ClN2O2. The van der Waals surface area contributed by atoms with E-state index in [9.17, 15) is 4.79 Å². The van der Waals surface area contributed by atoms with Gasteiger partial charge in [0.2, 0.25) is 5.78 Å². The Balaban J connectivity index is 1.68. The quantitative estimate of drug-likeness (QED) is 0.802. The maximum absolute atomic E-state index is 12.0. The summed E-state index contributed by atoms with van der Waals surface area (Å²) in [6.45, 7) is 0. The molecule has 1 saturated carbocycles. The van der Waals surface area contributed by atoms with Crippen LogP contribution in [0.3, 0.4) is 0 Å². The number of furan rings is 1. The van der Waals surface area contributed by atoms with Crippen LogP contribution >= 0.6 is 11.6 Å². The molecule has 0 aromatic carbocycles. The first-order valence-corrected chi connectivity index (χ1v) is 6.93. The fourth-order valence-electron chi connectivity index (χ4n) is 2.56. The van der Waals surface area contributed by atoms with Gasteiger partial charge in [-0.05, 0) is 42.6 Å². The van der Waals surface area contributed by atoms with Crippen LogP contribution in [0.1, 0.15) is 48.0 Å². The van der Waals surface area contributed by atoms with Gasteiger partial charge in [-0.1, -0.05) is 12.8 Å². The molecule has 0 amide bonds. The summed E-state index contributed by atoms with van der Waals surface area (Å²) in [5.41, 5.74) is 0.782. The number of carbonyl (C=O) groups is 1. The second-order valence-electron chi connectivity index (χ2n) is 4.93. The van der Waals surface area contributed by atoms with Gasteiger partial charge >= 0.3 is 0 Å². The average Bonchev–Trinajstić information content (AvgIpc) is 3.07. The van der Waals surface area contributed by atoms with Gasteiger partial charge in [0.1, 0.15) is 0 Å². The van der Waals surface area contributed by atoms with Crippen molar-refractivity contribution in [3.05, 3.63) is 41.1 Å². The Morgan fingerprint density at radius 1 is 1.37 bits per heavy atom. The largest absolute Gasteiger partial charge is 0.442 e. The van der Waals surface area contributed by atoms with E-state index in [0.29, 0.717) is 11.8 Å². The summed E-state index contributed by atoms with van der Waals surface area (Å²) in [7, 11) is 0. The summed E-state index contributed by atoms with van der Waals surface area (Å²) in [6, 6.07) is 5.58. The minimum Gasteiger partial charge on any atom is -0.442 e. The number of hydrogen-bond acceptors (Lipinski definition) is 3. The monoisotopic (exact) mass is 278 g/mol. The number of carbonyl (C=O) groups excluding carboxylic acids is 1. The number of rotatable bonds is 4. The van der Waals surface area contributed by atoms with Crippen molar-refractivity contribution in [2.75, 3.05) is 0 Å². The molecular weight excluding hydrogens is 264 g/mol. The number of aromatic nitrogens is 2. The lowest BCUT2D eigenvalue weighted by molar-refractivity contribution is 0.0965. The first-order valence-electron chi connectivity index (χ1n) is 6.55. The van der Waals surface area contributed by atoms with E-state index in [1.54, 1.807) is 12.1 Å². The van der Waals surface area contributed by atoms with Crippen LogP contribution in [-0.4, -0.2) is 15.6 Å². The number of nitrogens with zero attached hydrogens (tertiary/aromatic N) is 2. The summed E-state index contributed by atoms with van der Waals surface area (Å²) in [4.78, 5) is 12.0. The molecule has 100 valence electrons. The van der Waals surface area contributed by atoms with Crippen molar-refractivity contribution in [2.45, 2.75) is 38.1 Å². The SMILES string of the molecule is O=C(Cc1ccn(C2CCCC2)n1)c1ccc(Cl)o1. The van der Waals surface area contributed by atoms with E-state index in [4.69, 9.17) is 16.0 Å². The Kier molecular flexibility index (Phi) is 3.42. The summed E-state index contributed by atoms with van der Waals surface area (Å²) in [6.07, 6.45) is 7.12. The zero-order chi connectivity index (χ0) is 13.2. The van der Waals surface area contributed by atoms with E-state index in [-0.39, 0.29) is 17.4 Å². The fourth-order valence-corrected chi connectivity index (χ4v) is 2.71. The molecule has 0 bridgehead atoms. The van der Waals surface area contributed by atoms with E-state index >= 15 is 0 Å². The standard InChI is InChI=1S/C14H15ClN2O2/c15-14-6-5-13(19-14)12(18)9-10-7-8-17(16-10)11-3-1-2-4-11/h5-8,11H,1-4,9H2. The van der Waals surface area contributed by atoms with Crippen molar-refractivity contribution in [2.24, 2.45) is 0 Å². The second-order valence-corrected chi connectivity index (χ2v) is 5.30. The minimum atomic E-state index is -0.0939. The van der Waals surface area contributed by atoms with Crippen LogP contribution in [0.15, 0.2) is 28.8 Å². The zero-order valence-electron chi connectivity index (χ0n) is 10.5. The molecule has 0 radical (unpaired) electrons. The Bertz CT molecular complexity index is 582. The van der Waals surface area contributed by atoms with Crippen LogP contribution in [0, 0.1) is 0 Å². The Morgan fingerprint density at radius 2 is 2.16 bits per heavy atom. The fraction of sp³-hybridized carbons (Fsp3) is 0.429. The lowest BCUT2D eigenvalue weighted by Crippen LogP contribution is -2.07. The maximum atomic E-state index is 12.0. The molecule has 3 rings (SSSR count). The van der Waals surface area contributed by atoms with Gasteiger partial charge in [0.15, 0.2) is 11.0 Å². The third-order valence-corrected chi connectivity index (χ3v) is 3.76. The highest BCUT2D eigenvalue weighted by molar-refractivity contribution is 6.29. The lowest BCUT2D eigenvalue weighted by Gasteiger charge is -2.08. The van der Waals surface area contributed by atoms with Gasteiger partial charge in [0.05, 0.1) is 18.2 Å². The van der Waals surface area contributed by atoms with Crippen molar-refractivity contribution in [3.63, 3.8) is 0 Å². The molecule has 0 N–H and O–H groups in total. The summed E-state index contributed by atoms with van der Waals surface area (Å²) in [5.74, 6) is 0.198. The summed E-state index contributed by atoms with van der Waals surface area (Å²) < 4.78 is 7.10. The molecule has 0 saturated heterocycles. The molecule has 0 spiro atoms. The lowest BCUT2D eigenvalue weighted by atomic mass is 10.2. The van der Waals surface area contributed by atoms with E-state index in [1.165, 1.54) is 25.7 Å². The smallest absolute Gasteiger partial charge is 0.204 e. The van der Waals surface area contributed by atoms with Crippen LogP contribution in [0.4, 0.5) is 0 Å².